The van der Waals surface area contributed by atoms with Gasteiger partial charge in [0.25, 0.3) is 5.91 Å². The maximum atomic E-state index is 13.6. The Labute approximate surface area is 115 Å². The van der Waals surface area contributed by atoms with Gasteiger partial charge in [0.15, 0.2) is 0 Å². The minimum atomic E-state index is -0.840. The van der Waals surface area contributed by atoms with E-state index in [2.05, 4.69) is 5.32 Å². The van der Waals surface area contributed by atoms with E-state index < -0.39 is 11.7 Å². The summed E-state index contributed by atoms with van der Waals surface area (Å²) in [5.74, 6) is -1.84. The zero-order chi connectivity index (χ0) is 14.7. The van der Waals surface area contributed by atoms with Gasteiger partial charge in [-0.05, 0) is 31.2 Å². The molecule has 0 saturated carbocycles. The van der Waals surface area contributed by atoms with E-state index in [1.54, 1.807) is 12.1 Å². The van der Waals surface area contributed by atoms with Crippen LogP contribution in [0.2, 0.25) is 0 Å². The van der Waals surface area contributed by atoms with Crippen LogP contribution in [-0.2, 0) is 6.54 Å². The van der Waals surface area contributed by atoms with E-state index in [1.807, 2.05) is 6.92 Å². The van der Waals surface area contributed by atoms with Gasteiger partial charge >= 0.3 is 0 Å². The third-order valence-corrected chi connectivity index (χ3v) is 2.92. The maximum Gasteiger partial charge on any atom is 0.251 e. The Bertz CT molecular complexity index is 656. The summed E-state index contributed by atoms with van der Waals surface area (Å²) in [6.45, 7) is 2.10. The molecule has 20 heavy (non-hydrogen) atoms. The third kappa shape index (κ3) is 3.12. The zero-order valence-corrected chi connectivity index (χ0v) is 10.9. The molecule has 0 spiro atoms. The van der Waals surface area contributed by atoms with Gasteiger partial charge in [0.2, 0.25) is 0 Å². The van der Waals surface area contributed by atoms with E-state index in [4.69, 9.17) is 5.73 Å². The van der Waals surface area contributed by atoms with Gasteiger partial charge in [0.1, 0.15) is 11.6 Å². The highest BCUT2D eigenvalue weighted by molar-refractivity contribution is 5.94. The lowest BCUT2D eigenvalue weighted by atomic mass is 10.1. The lowest BCUT2D eigenvalue weighted by molar-refractivity contribution is 0.0996. The molecule has 0 bridgehead atoms. The number of aryl methyl sites for hydroxylation is 1. The van der Waals surface area contributed by atoms with Crippen molar-refractivity contribution < 1.29 is 13.6 Å². The molecular weight excluding hydrogens is 262 g/mol. The molecule has 0 fully saturated rings. The van der Waals surface area contributed by atoms with Crippen molar-refractivity contribution in [2.45, 2.75) is 13.5 Å². The molecule has 3 nitrogen and oxygen atoms in total. The number of hydrogen-bond acceptors (Lipinski definition) is 2. The minimum Gasteiger partial charge on any atom is -0.381 e. The number of hydrogen-bond donors (Lipinski definition) is 2. The van der Waals surface area contributed by atoms with E-state index in [0.29, 0.717) is 11.3 Å². The Hall–Kier alpha value is -2.43. The van der Waals surface area contributed by atoms with E-state index >= 15 is 0 Å². The van der Waals surface area contributed by atoms with Crippen molar-refractivity contribution in [3.63, 3.8) is 0 Å². The summed E-state index contributed by atoms with van der Waals surface area (Å²) in [5, 5.41) is 2.94. The standard InChI is InChI=1S/C15H14F2N2O/c1-9-2-4-13(16)10(6-9)8-19-11-3-5-14(17)12(7-11)15(18)20/h2-7,19H,8H2,1H3,(H2,18,20). The highest BCUT2D eigenvalue weighted by Gasteiger charge is 2.09. The average Bonchev–Trinajstić information content (AvgIpc) is 2.41. The molecule has 2 aromatic carbocycles. The van der Waals surface area contributed by atoms with Crippen LogP contribution in [0.1, 0.15) is 21.5 Å². The highest BCUT2D eigenvalue weighted by atomic mass is 19.1. The van der Waals surface area contributed by atoms with Crippen LogP contribution in [0.25, 0.3) is 0 Å². The van der Waals surface area contributed by atoms with Gasteiger partial charge in [-0.2, -0.15) is 0 Å². The van der Waals surface area contributed by atoms with Crippen LogP contribution >= 0.6 is 0 Å². The van der Waals surface area contributed by atoms with Gasteiger partial charge in [-0.15, -0.1) is 0 Å². The zero-order valence-electron chi connectivity index (χ0n) is 10.9. The summed E-state index contributed by atoms with van der Waals surface area (Å²) in [6.07, 6.45) is 0. The molecule has 0 aliphatic rings. The summed E-state index contributed by atoms with van der Waals surface area (Å²) in [7, 11) is 0. The number of carbonyl (C=O) groups excluding carboxylic acids is 1. The quantitative estimate of drug-likeness (QED) is 0.902. The lowest BCUT2D eigenvalue weighted by Crippen LogP contribution is -2.13. The largest absolute Gasteiger partial charge is 0.381 e. The normalized spacial score (nSPS) is 10.3. The van der Waals surface area contributed by atoms with Crippen LogP contribution in [0.5, 0.6) is 0 Å². The second-order valence-corrected chi connectivity index (χ2v) is 4.51. The first-order valence-corrected chi connectivity index (χ1v) is 6.05. The molecule has 0 aliphatic carbocycles. The summed E-state index contributed by atoms with van der Waals surface area (Å²) in [4.78, 5) is 11.0. The van der Waals surface area contributed by atoms with Crippen molar-refractivity contribution in [1.82, 2.24) is 0 Å². The van der Waals surface area contributed by atoms with Crippen molar-refractivity contribution in [1.29, 1.82) is 0 Å². The van der Waals surface area contributed by atoms with Gasteiger partial charge in [0, 0.05) is 17.8 Å². The van der Waals surface area contributed by atoms with Crippen LogP contribution < -0.4 is 11.1 Å². The summed E-state index contributed by atoms with van der Waals surface area (Å²) in [5.41, 5.74) is 6.81. The van der Waals surface area contributed by atoms with Crippen LogP contribution in [0.3, 0.4) is 0 Å². The van der Waals surface area contributed by atoms with Crippen LogP contribution in [0.15, 0.2) is 36.4 Å². The molecule has 104 valence electrons. The number of carbonyl (C=O) groups is 1. The SMILES string of the molecule is Cc1ccc(F)c(CNc2ccc(F)c(C(N)=O)c2)c1. The molecule has 0 heterocycles. The Morgan fingerprint density at radius 3 is 2.55 bits per heavy atom. The molecule has 1 amide bonds. The summed E-state index contributed by atoms with van der Waals surface area (Å²) < 4.78 is 26.9. The number of benzene rings is 2. The Balaban J connectivity index is 2.17. The van der Waals surface area contributed by atoms with Gasteiger partial charge in [-0.3, -0.25) is 4.79 Å². The fraction of sp³-hybridized carbons (Fsp3) is 0.133. The molecule has 5 heteroatoms. The Morgan fingerprint density at radius 2 is 1.85 bits per heavy atom. The topological polar surface area (TPSA) is 55.1 Å². The first-order chi connectivity index (χ1) is 9.47. The molecule has 0 saturated heterocycles. The average molecular weight is 276 g/mol. The fourth-order valence-corrected chi connectivity index (χ4v) is 1.86. The predicted molar refractivity (Wildman–Crippen MR) is 73.4 cm³/mol. The number of primary amides is 1. The van der Waals surface area contributed by atoms with Crippen LogP contribution in [0.4, 0.5) is 14.5 Å². The number of nitrogens with two attached hydrogens (primary N) is 1. The summed E-state index contributed by atoms with van der Waals surface area (Å²) in [6, 6.07) is 8.73. The summed E-state index contributed by atoms with van der Waals surface area (Å²) >= 11 is 0. The number of anilines is 1. The van der Waals surface area contributed by atoms with Crippen LogP contribution in [0, 0.1) is 18.6 Å². The van der Waals surface area contributed by atoms with E-state index in [-0.39, 0.29) is 17.9 Å². The smallest absolute Gasteiger partial charge is 0.251 e. The number of halogens is 2. The molecule has 2 aromatic rings. The van der Waals surface area contributed by atoms with E-state index in [0.717, 1.165) is 11.6 Å². The highest BCUT2D eigenvalue weighted by Crippen LogP contribution is 2.17. The van der Waals surface area contributed by atoms with Gasteiger partial charge in [0.05, 0.1) is 5.56 Å². The van der Waals surface area contributed by atoms with Gasteiger partial charge in [-0.25, -0.2) is 8.78 Å². The van der Waals surface area contributed by atoms with Gasteiger partial charge in [-0.1, -0.05) is 17.7 Å². The molecule has 0 radical (unpaired) electrons. The molecular formula is C15H14F2N2O. The first kappa shape index (κ1) is 14.0. The van der Waals surface area contributed by atoms with Crippen LogP contribution in [-0.4, -0.2) is 5.91 Å². The minimum absolute atomic E-state index is 0.195. The third-order valence-electron chi connectivity index (χ3n) is 2.92. The number of nitrogens with one attached hydrogen (secondary N) is 1. The second kappa shape index (κ2) is 5.69. The van der Waals surface area contributed by atoms with E-state index in [9.17, 15) is 13.6 Å². The van der Waals surface area contributed by atoms with Crippen molar-refractivity contribution in [2.24, 2.45) is 5.73 Å². The monoisotopic (exact) mass is 276 g/mol. The molecule has 3 N–H and O–H groups in total. The Kier molecular flexibility index (Phi) is 3.98. The molecule has 2 rings (SSSR count). The number of amides is 1. The predicted octanol–water partition coefficient (Wildman–Crippen LogP) is 2.98. The maximum absolute atomic E-state index is 13.6. The fourth-order valence-electron chi connectivity index (χ4n) is 1.86. The lowest BCUT2D eigenvalue weighted by Gasteiger charge is -2.09. The molecule has 0 atom stereocenters. The molecule has 0 aliphatic heterocycles. The van der Waals surface area contributed by atoms with E-state index in [1.165, 1.54) is 18.2 Å². The number of rotatable bonds is 4. The van der Waals surface area contributed by atoms with Crippen molar-refractivity contribution >= 4 is 11.6 Å². The van der Waals surface area contributed by atoms with Crippen molar-refractivity contribution in [3.05, 3.63) is 64.7 Å². The Morgan fingerprint density at radius 1 is 1.15 bits per heavy atom. The molecule has 0 unspecified atom stereocenters. The molecule has 0 aromatic heterocycles. The van der Waals surface area contributed by atoms with Crippen molar-refractivity contribution in [3.8, 4) is 0 Å². The van der Waals surface area contributed by atoms with Gasteiger partial charge < -0.3 is 11.1 Å². The second-order valence-electron chi connectivity index (χ2n) is 4.51. The van der Waals surface area contributed by atoms with Crippen molar-refractivity contribution in [2.75, 3.05) is 5.32 Å². The first-order valence-electron chi connectivity index (χ1n) is 6.05.